The topological polar surface area (TPSA) is 73.7 Å². The second-order valence-corrected chi connectivity index (χ2v) is 9.10. The first-order valence-corrected chi connectivity index (χ1v) is 11.5. The molecule has 8 heteroatoms. The van der Waals surface area contributed by atoms with Gasteiger partial charge in [-0.25, -0.2) is 8.42 Å². The SMILES string of the molecule is Cc1nn(C)c(C)c1S(=O)(=O)N(C/C=C/c1ccccc1)c1ccc2c(c1)OCCO2. The van der Waals surface area contributed by atoms with E-state index in [1.54, 1.807) is 43.8 Å². The van der Waals surface area contributed by atoms with Gasteiger partial charge in [0.1, 0.15) is 18.1 Å². The van der Waals surface area contributed by atoms with Crippen molar-refractivity contribution < 1.29 is 17.9 Å². The third-order valence-electron chi connectivity index (χ3n) is 5.19. The summed E-state index contributed by atoms with van der Waals surface area (Å²) < 4.78 is 41.8. The van der Waals surface area contributed by atoms with Crippen LogP contribution >= 0.6 is 0 Å². The summed E-state index contributed by atoms with van der Waals surface area (Å²) in [6.45, 7) is 4.53. The molecule has 0 N–H and O–H groups in total. The third-order valence-corrected chi connectivity index (χ3v) is 7.23. The number of hydrogen-bond donors (Lipinski definition) is 0. The van der Waals surface area contributed by atoms with Crippen molar-refractivity contribution in [2.75, 3.05) is 24.1 Å². The summed E-state index contributed by atoms with van der Waals surface area (Å²) in [7, 11) is -2.13. The molecule has 162 valence electrons. The van der Waals surface area contributed by atoms with Crippen molar-refractivity contribution in [3.8, 4) is 11.5 Å². The maximum Gasteiger partial charge on any atom is 0.268 e. The van der Waals surface area contributed by atoms with Gasteiger partial charge < -0.3 is 9.47 Å². The highest BCUT2D eigenvalue weighted by Gasteiger charge is 2.31. The number of aryl methyl sites for hydroxylation is 2. The third kappa shape index (κ3) is 4.16. The number of nitrogens with zero attached hydrogens (tertiary/aromatic N) is 3. The van der Waals surface area contributed by atoms with Gasteiger partial charge in [0.25, 0.3) is 10.0 Å². The fourth-order valence-electron chi connectivity index (χ4n) is 3.62. The van der Waals surface area contributed by atoms with Crippen LogP contribution in [0.3, 0.4) is 0 Å². The number of aromatic nitrogens is 2. The van der Waals surface area contributed by atoms with E-state index in [-0.39, 0.29) is 11.4 Å². The highest BCUT2D eigenvalue weighted by atomic mass is 32.2. The van der Waals surface area contributed by atoms with Gasteiger partial charge in [0.15, 0.2) is 11.5 Å². The quantitative estimate of drug-likeness (QED) is 0.585. The monoisotopic (exact) mass is 439 g/mol. The minimum atomic E-state index is -3.87. The molecule has 3 aromatic rings. The van der Waals surface area contributed by atoms with Crippen molar-refractivity contribution in [2.24, 2.45) is 7.05 Å². The smallest absolute Gasteiger partial charge is 0.268 e. The zero-order valence-corrected chi connectivity index (χ0v) is 18.6. The first-order chi connectivity index (χ1) is 14.9. The van der Waals surface area contributed by atoms with Gasteiger partial charge in [-0.05, 0) is 31.5 Å². The molecule has 0 amide bonds. The lowest BCUT2D eigenvalue weighted by atomic mass is 10.2. The molecule has 0 spiro atoms. The standard InChI is InChI=1S/C23H25N3O4S/c1-17-23(18(2)25(3)24-17)31(27,28)26(13-7-10-19-8-5-4-6-9-19)20-11-12-21-22(16-20)30-15-14-29-21/h4-12,16H,13-15H2,1-3H3/b10-7+. The minimum absolute atomic E-state index is 0.157. The summed E-state index contributed by atoms with van der Waals surface area (Å²) in [5, 5.41) is 4.30. The molecule has 0 bridgehead atoms. The number of anilines is 1. The molecule has 7 nitrogen and oxygen atoms in total. The highest BCUT2D eigenvalue weighted by molar-refractivity contribution is 7.93. The summed E-state index contributed by atoms with van der Waals surface area (Å²) >= 11 is 0. The Hall–Kier alpha value is -3.26. The molecule has 4 rings (SSSR count). The molecule has 31 heavy (non-hydrogen) atoms. The highest BCUT2D eigenvalue weighted by Crippen LogP contribution is 2.36. The largest absolute Gasteiger partial charge is 0.486 e. The Labute approximate surface area is 182 Å². The maximum absolute atomic E-state index is 13.8. The molecule has 0 unspecified atom stereocenters. The van der Waals surface area contributed by atoms with Crippen LogP contribution in [0.4, 0.5) is 5.69 Å². The van der Waals surface area contributed by atoms with Crippen molar-refractivity contribution in [1.29, 1.82) is 0 Å². The van der Waals surface area contributed by atoms with Crippen LogP contribution in [0.2, 0.25) is 0 Å². The second kappa shape index (κ2) is 8.47. The van der Waals surface area contributed by atoms with E-state index in [0.29, 0.717) is 41.8 Å². The van der Waals surface area contributed by atoms with Crippen molar-refractivity contribution in [3.05, 3.63) is 71.6 Å². The number of ether oxygens (including phenoxy) is 2. The molecule has 1 aliphatic rings. The summed E-state index contributed by atoms with van der Waals surface area (Å²) in [6.07, 6.45) is 3.74. The van der Waals surface area contributed by atoms with Gasteiger partial charge in [0.05, 0.1) is 23.6 Å². The number of benzene rings is 2. The Morgan fingerprint density at radius 2 is 1.77 bits per heavy atom. The van der Waals surface area contributed by atoms with Gasteiger partial charge in [-0.2, -0.15) is 5.10 Å². The van der Waals surface area contributed by atoms with Crippen molar-refractivity contribution in [3.63, 3.8) is 0 Å². The number of hydrogen-bond acceptors (Lipinski definition) is 5. The predicted octanol–water partition coefficient (Wildman–Crippen LogP) is 3.72. The van der Waals surface area contributed by atoms with Gasteiger partial charge in [0, 0.05) is 13.1 Å². The van der Waals surface area contributed by atoms with Crippen molar-refractivity contribution in [1.82, 2.24) is 9.78 Å². The lowest BCUT2D eigenvalue weighted by Gasteiger charge is -2.26. The van der Waals surface area contributed by atoms with Crippen LogP contribution in [0, 0.1) is 13.8 Å². The molecule has 1 aliphatic heterocycles. The van der Waals surface area contributed by atoms with Crippen LogP contribution in [-0.2, 0) is 17.1 Å². The first kappa shape index (κ1) is 21.0. The summed E-state index contributed by atoms with van der Waals surface area (Å²) in [6, 6.07) is 15.0. The van der Waals surface area contributed by atoms with E-state index in [0.717, 1.165) is 5.56 Å². The molecule has 0 radical (unpaired) electrons. The second-order valence-electron chi connectivity index (χ2n) is 7.30. The van der Waals surface area contributed by atoms with Crippen LogP contribution in [-0.4, -0.2) is 38.0 Å². The number of sulfonamides is 1. The van der Waals surface area contributed by atoms with Gasteiger partial charge in [-0.1, -0.05) is 42.5 Å². The Morgan fingerprint density at radius 1 is 1.06 bits per heavy atom. The minimum Gasteiger partial charge on any atom is -0.486 e. The Kier molecular flexibility index (Phi) is 5.73. The first-order valence-electron chi connectivity index (χ1n) is 10.0. The zero-order chi connectivity index (χ0) is 22.0. The number of rotatable bonds is 6. The van der Waals surface area contributed by atoms with E-state index in [9.17, 15) is 8.42 Å². The van der Waals surface area contributed by atoms with Crippen LogP contribution in [0.25, 0.3) is 6.08 Å². The van der Waals surface area contributed by atoms with Crippen LogP contribution < -0.4 is 13.8 Å². The molecular formula is C23H25N3O4S. The summed E-state index contributed by atoms with van der Waals surface area (Å²) in [5.74, 6) is 1.15. The maximum atomic E-state index is 13.8. The molecule has 0 atom stereocenters. The fourth-order valence-corrected chi connectivity index (χ4v) is 5.43. The van der Waals surface area contributed by atoms with Crippen LogP contribution in [0.15, 0.2) is 59.5 Å². The van der Waals surface area contributed by atoms with E-state index in [1.165, 1.54) is 4.31 Å². The van der Waals surface area contributed by atoms with Crippen LogP contribution in [0.1, 0.15) is 17.0 Å². The Morgan fingerprint density at radius 3 is 2.45 bits per heavy atom. The molecular weight excluding hydrogens is 414 g/mol. The van der Waals surface area contributed by atoms with Gasteiger partial charge >= 0.3 is 0 Å². The molecule has 0 fully saturated rings. The van der Waals surface area contributed by atoms with E-state index < -0.39 is 10.0 Å². The average Bonchev–Trinajstić information content (AvgIpc) is 3.03. The van der Waals surface area contributed by atoms with Gasteiger partial charge in [0.2, 0.25) is 0 Å². The lowest BCUT2D eigenvalue weighted by Crippen LogP contribution is -2.32. The Bertz CT molecular complexity index is 1220. The molecule has 0 saturated heterocycles. The average molecular weight is 440 g/mol. The summed E-state index contributed by atoms with van der Waals surface area (Å²) in [5.41, 5.74) is 2.56. The van der Waals surface area contributed by atoms with E-state index in [2.05, 4.69) is 5.10 Å². The molecule has 0 aliphatic carbocycles. The molecule has 0 saturated carbocycles. The fraction of sp³-hybridized carbons (Fsp3) is 0.261. The Balaban J connectivity index is 1.76. The van der Waals surface area contributed by atoms with E-state index >= 15 is 0 Å². The van der Waals surface area contributed by atoms with E-state index in [1.807, 2.05) is 42.5 Å². The van der Waals surface area contributed by atoms with Gasteiger partial charge in [-0.15, -0.1) is 0 Å². The van der Waals surface area contributed by atoms with Crippen molar-refractivity contribution >= 4 is 21.8 Å². The number of fused-ring (bicyclic) bond motifs is 1. The molecule has 2 aromatic carbocycles. The summed E-state index contributed by atoms with van der Waals surface area (Å²) in [4.78, 5) is 0.220. The lowest BCUT2D eigenvalue weighted by molar-refractivity contribution is 0.171. The van der Waals surface area contributed by atoms with Gasteiger partial charge in [-0.3, -0.25) is 8.99 Å². The van der Waals surface area contributed by atoms with E-state index in [4.69, 9.17) is 9.47 Å². The molecule has 2 heterocycles. The molecule has 1 aromatic heterocycles. The van der Waals surface area contributed by atoms with Crippen molar-refractivity contribution in [2.45, 2.75) is 18.7 Å². The normalized spacial score (nSPS) is 13.5. The van der Waals surface area contributed by atoms with Crippen LogP contribution in [0.5, 0.6) is 11.5 Å². The zero-order valence-electron chi connectivity index (χ0n) is 17.8. The predicted molar refractivity (Wildman–Crippen MR) is 120 cm³/mol.